The van der Waals surface area contributed by atoms with Crippen molar-refractivity contribution in [1.29, 1.82) is 0 Å². The number of nitrogens with zero attached hydrogens (tertiary/aromatic N) is 1. The molecule has 110 valence electrons. The van der Waals surface area contributed by atoms with Gasteiger partial charge >= 0.3 is 5.69 Å². The van der Waals surface area contributed by atoms with Crippen LogP contribution in [0.1, 0.15) is 11.1 Å². The zero-order chi connectivity index (χ0) is 15.4. The fourth-order valence-corrected chi connectivity index (χ4v) is 1.97. The number of rotatable bonds is 5. The quantitative estimate of drug-likeness (QED) is 0.675. The summed E-state index contributed by atoms with van der Waals surface area (Å²) in [5.41, 5.74) is 1.53. The third-order valence-electron chi connectivity index (χ3n) is 2.92. The maximum atomic E-state index is 13.1. The van der Waals surface area contributed by atoms with Gasteiger partial charge in [0.15, 0.2) is 0 Å². The molecule has 0 aliphatic carbocycles. The molecule has 0 spiro atoms. The van der Waals surface area contributed by atoms with E-state index in [4.69, 9.17) is 4.74 Å². The highest BCUT2D eigenvalue weighted by atomic mass is 19.1. The molecule has 0 aromatic heterocycles. The molecule has 0 heterocycles. The van der Waals surface area contributed by atoms with Crippen molar-refractivity contribution < 1.29 is 14.1 Å². The summed E-state index contributed by atoms with van der Waals surface area (Å²) in [5, 5.41) is 14.0. The van der Waals surface area contributed by atoms with Gasteiger partial charge in [-0.25, -0.2) is 4.39 Å². The number of halogens is 1. The van der Waals surface area contributed by atoms with Crippen molar-refractivity contribution in [2.45, 2.75) is 13.5 Å². The third kappa shape index (κ3) is 3.55. The van der Waals surface area contributed by atoms with E-state index in [0.717, 1.165) is 23.3 Å². The van der Waals surface area contributed by atoms with Crippen molar-refractivity contribution in [3.05, 3.63) is 63.5 Å². The van der Waals surface area contributed by atoms with Gasteiger partial charge in [-0.15, -0.1) is 0 Å². The van der Waals surface area contributed by atoms with Crippen LogP contribution in [0.15, 0.2) is 36.4 Å². The number of ether oxygens (including phenoxy) is 1. The average Bonchev–Trinajstić information content (AvgIpc) is 2.43. The summed E-state index contributed by atoms with van der Waals surface area (Å²) in [6.45, 7) is 2.51. The number of nitrogens with one attached hydrogen (secondary N) is 1. The van der Waals surface area contributed by atoms with Crippen LogP contribution in [0.4, 0.5) is 10.1 Å². The molecule has 0 unspecified atom stereocenters. The van der Waals surface area contributed by atoms with E-state index < -0.39 is 16.4 Å². The predicted octanol–water partition coefficient (Wildman–Crippen LogP) is 3.55. The van der Waals surface area contributed by atoms with Crippen LogP contribution in [-0.4, -0.2) is 12.0 Å². The van der Waals surface area contributed by atoms with Gasteiger partial charge in [0.1, 0.15) is 11.6 Å². The van der Waals surface area contributed by atoms with Crippen LogP contribution >= 0.6 is 0 Å². The number of benzene rings is 2. The fourth-order valence-electron chi connectivity index (χ4n) is 1.97. The largest absolute Gasteiger partial charge is 0.450 e. The first-order valence-electron chi connectivity index (χ1n) is 6.37. The molecule has 0 radical (unpaired) electrons. The number of hydrogen-bond acceptors (Lipinski definition) is 4. The highest BCUT2D eigenvalue weighted by molar-refractivity contribution is 5.50. The molecular weight excluding hydrogens is 275 g/mol. The van der Waals surface area contributed by atoms with E-state index >= 15 is 0 Å². The summed E-state index contributed by atoms with van der Waals surface area (Å²) in [5.74, 6) is -0.152. The van der Waals surface area contributed by atoms with Gasteiger partial charge in [0.25, 0.3) is 0 Å². The smallest absolute Gasteiger partial charge is 0.314 e. The Bertz CT molecular complexity index is 674. The van der Waals surface area contributed by atoms with Crippen molar-refractivity contribution in [2.24, 2.45) is 0 Å². The van der Waals surface area contributed by atoms with Crippen LogP contribution in [0.25, 0.3) is 0 Å². The monoisotopic (exact) mass is 290 g/mol. The van der Waals surface area contributed by atoms with E-state index in [2.05, 4.69) is 5.32 Å². The first-order chi connectivity index (χ1) is 10.0. The third-order valence-corrected chi connectivity index (χ3v) is 2.92. The summed E-state index contributed by atoms with van der Waals surface area (Å²) in [6, 6.07) is 8.77. The predicted molar refractivity (Wildman–Crippen MR) is 77.1 cm³/mol. The van der Waals surface area contributed by atoms with Crippen molar-refractivity contribution in [2.75, 3.05) is 7.05 Å². The molecule has 2 rings (SSSR count). The van der Waals surface area contributed by atoms with Crippen molar-refractivity contribution in [1.82, 2.24) is 5.32 Å². The molecule has 5 nitrogen and oxygen atoms in total. The van der Waals surface area contributed by atoms with E-state index in [1.165, 1.54) is 6.07 Å². The summed E-state index contributed by atoms with van der Waals surface area (Å²) < 4.78 is 18.7. The Morgan fingerprint density at radius 3 is 2.62 bits per heavy atom. The van der Waals surface area contributed by atoms with Crippen LogP contribution in [0.2, 0.25) is 0 Å². The standard InChI is InChI=1S/C15H15FN2O3/c1-10-3-5-14(11(7-10)9-17-2)21-15-6-4-12(16)8-13(15)18(19)20/h3-8,17H,9H2,1-2H3. The minimum atomic E-state index is -0.673. The Morgan fingerprint density at radius 2 is 1.95 bits per heavy atom. The van der Waals surface area contributed by atoms with Gasteiger partial charge in [-0.1, -0.05) is 17.7 Å². The highest BCUT2D eigenvalue weighted by Gasteiger charge is 2.18. The summed E-state index contributed by atoms with van der Waals surface area (Å²) in [6.07, 6.45) is 0. The SMILES string of the molecule is CNCc1cc(C)ccc1Oc1ccc(F)cc1[N+](=O)[O-]. The Kier molecular flexibility index (Phi) is 4.49. The molecular formula is C15H15FN2O3. The molecule has 2 aromatic rings. The van der Waals surface area contributed by atoms with Crippen LogP contribution in [0, 0.1) is 22.9 Å². The molecule has 2 aromatic carbocycles. The number of nitro groups is 1. The van der Waals surface area contributed by atoms with E-state index in [0.29, 0.717) is 12.3 Å². The lowest BCUT2D eigenvalue weighted by atomic mass is 10.1. The van der Waals surface area contributed by atoms with Crippen molar-refractivity contribution in [3.63, 3.8) is 0 Å². The maximum Gasteiger partial charge on any atom is 0.314 e. The molecule has 0 bridgehead atoms. The Labute approximate surface area is 121 Å². The van der Waals surface area contributed by atoms with Crippen LogP contribution < -0.4 is 10.1 Å². The Balaban J connectivity index is 2.40. The van der Waals surface area contributed by atoms with E-state index in [1.54, 1.807) is 13.1 Å². The second-order valence-electron chi connectivity index (χ2n) is 4.61. The topological polar surface area (TPSA) is 64.4 Å². The molecule has 0 saturated heterocycles. The van der Waals surface area contributed by atoms with Gasteiger partial charge in [0.05, 0.1) is 11.0 Å². The summed E-state index contributed by atoms with van der Waals surface area (Å²) in [4.78, 5) is 10.3. The number of hydrogen-bond donors (Lipinski definition) is 1. The second kappa shape index (κ2) is 6.32. The molecule has 6 heteroatoms. The maximum absolute atomic E-state index is 13.1. The Morgan fingerprint density at radius 1 is 1.24 bits per heavy atom. The molecule has 1 N–H and O–H groups in total. The van der Waals surface area contributed by atoms with Crippen LogP contribution in [-0.2, 0) is 6.54 Å². The lowest BCUT2D eigenvalue weighted by Crippen LogP contribution is -2.07. The minimum absolute atomic E-state index is 0.0163. The molecule has 21 heavy (non-hydrogen) atoms. The van der Waals surface area contributed by atoms with Crippen LogP contribution in [0.3, 0.4) is 0 Å². The van der Waals surface area contributed by atoms with Gasteiger partial charge < -0.3 is 10.1 Å². The first-order valence-corrected chi connectivity index (χ1v) is 6.37. The molecule has 0 amide bonds. The van der Waals surface area contributed by atoms with Gasteiger partial charge in [0, 0.05) is 12.1 Å². The average molecular weight is 290 g/mol. The molecule has 0 fully saturated rings. The molecule has 0 atom stereocenters. The zero-order valence-corrected chi connectivity index (χ0v) is 11.7. The van der Waals surface area contributed by atoms with Gasteiger partial charge in [-0.2, -0.15) is 0 Å². The highest BCUT2D eigenvalue weighted by Crippen LogP contribution is 2.33. The number of nitro benzene ring substituents is 1. The first kappa shape index (κ1) is 14.9. The fraction of sp³-hybridized carbons (Fsp3) is 0.200. The van der Waals surface area contributed by atoms with Gasteiger partial charge in [0.2, 0.25) is 5.75 Å². The second-order valence-corrected chi connectivity index (χ2v) is 4.61. The van der Waals surface area contributed by atoms with E-state index in [-0.39, 0.29) is 5.75 Å². The lowest BCUT2D eigenvalue weighted by molar-refractivity contribution is -0.385. The molecule has 0 aliphatic heterocycles. The van der Waals surface area contributed by atoms with Crippen molar-refractivity contribution >= 4 is 5.69 Å². The van der Waals surface area contributed by atoms with E-state index in [1.807, 2.05) is 19.1 Å². The van der Waals surface area contributed by atoms with Gasteiger partial charge in [-0.3, -0.25) is 10.1 Å². The van der Waals surface area contributed by atoms with E-state index in [9.17, 15) is 14.5 Å². The number of aryl methyl sites for hydroxylation is 1. The van der Waals surface area contributed by atoms with Gasteiger partial charge in [-0.05, 0) is 32.2 Å². The molecule has 0 saturated carbocycles. The van der Waals surface area contributed by atoms with Crippen molar-refractivity contribution in [3.8, 4) is 11.5 Å². The zero-order valence-electron chi connectivity index (χ0n) is 11.7. The normalized spacial score (nSPS) is 10.4. The minimum Gasteiger partial charge on any atom is -0.450 e. The lowest BCUT2D eigenvalue weighted by Gasteiger charge is -2.12. The Hall–Kier alpha value is -2.47. The summed E-state index contributed by atoms with van der Waals surface area (Å²) in [7, 11) is 1.80. The molecule has 0 aliphatic rings. The summed E-state index contributed by atoms with van der Waals surface area (Å²) >= 11 is 0. The van der Waals surface area contributed by atoms with Crippen LogP contribution in [0.5, 0.6) is 11.5 Å².